The lowest BCUT2D eigenvalue weighted by molar-refractivity contribution is -0.116. The molecule has 2 N–H and O–H groups in total. The largest absolute Gasteiger partial charge is 0.324 e. The van der Waals surface area contributed by atoms with Crippen LogP contribution in [0.2, 0.25) is 10.0 Å². The number of aryl methyl sites for hydroxylation is 1. The molecule has 3 rings (SSSR count). The van der Waals surface area contributed by atoms with E-state index >= 15 is 0 Å². The van der Waals surface area contributed by atoms with E-state index in [9.17, 15) is 21.6 Å². The van der Waals surface area contributed by atoms with E-state index < -0.39 is 32.0 Å². The molecule has 186 valence electrons. The van der Waals surface area contributed by atoms with Crippen LogP contribution in [0.25, 0.3) is 0 Å². The first-order valence-corrected chi connectivity index (χ1v) is 14.3. The smallest absolute Gasteiger partial charge is 0.261 e. The molecular formula is C23H23Cl2N3O5S2. The van der Waals surface area contributed by atoms with Crippen LogP contribution in [0.15, 0.2) is 71.6 Å². The monoisotopic (exact) mass is 555 g/mol. The molecule has 0 fully saturated rings. The molecule has 8 nitrogen and oxygen atoms in total. The minimum absolute atomic E-state index is 0.0583. The minimum Gasteiger partial charge on any atom is -0.324 e. The summed E-state index contributed by atoms with van der Waals surface area (Å²) in [7, 11) is -7.71. The van der Waals surface area contributed by atoms with E-state index in [0.717, 1.165) is 16.1 Å². The maximum Gasteiger partial charge on any atom is 0.261 e. The van der Waals surface area contributed by atoms with Gasteiger partial charge in [0.1, 0.15) is 6.04 Å². The zero-order chi connectivity index (χ0) is 26.0. The maximum absolute atomic E-state index is 12.9. The van der Waals surface area contributed by atoms with Crippen LogP contribution < -0.4 is 14.3 Å². The van der Waals surface area contributed by atoms with Crippen LogP contribution >= 0.6 is 23.2 Å². The molecule has 0 spiro atoms. The molecule has 0 saturated heterocycles. The van der Waals surface area contributed by atoms with Gasteiger partial charge in [0.25, 0.3) is 10.0 Å². The zero-order valence-electron chi connectivity index (χ0n) is 19.0. The Kier molecular flexibility index (Phi) is 8.00. The third-order valence-corrected chi connectivity index (χ3v) is 8.00. The van der Waals surface area contributed by atoms with Gasteiger partial charge in [0.2, 0.25) is 15.9 Å². The number of nitrogens with one attached hydrogen (secondary N) is 2. The standard InChI is InChI=1S/C23H23Cl2N3O5S2/c1-15-4-8-21(9-5-15)28(34(3,30)31)16(2)23(29)26-19-6-10-22(11-7-19)35(32,33)27-20-13-17(24)12-18(25)14-20/h4-14,16,27H,1-3H3,(H,26,29)/t16-/m1/s1. The molecule has 0 aliphatic heterocycles. The predicted octanol–water partition coefficient (Wildman–Crippen LogP) is 4.90. The number of hydrogen-bond acceptors (Lipinski definition) is 5. The van der Waals surface area contributed by atoms with Crippen molar-refractivity contribution in [2.45, 2.75) is 24.8 Å². The van der Waals surface area contributed by atoms with Crippen molar-refractivity contribution in [2.24, 2.45) is 0 Å². The molecule has 0 heterocycles. The molecule has 3 aromatic carbocycles. The molecule has 0 radical (unpaired) electrons. The zero-order valence-corrected chi connectivity index (χ0v) is 22.1. The van der Waals surface area contributed by atoms with Crippen LogP contribution in [-0.4, -0.2) is 35.0 Å². The number of nitrogens with zero attached hydrogens (tertiary/aromatic N) is 1. The summed E-state index contributed by atoms with van der Waals surface area (Å²) in [5.74, 6) is -0.585. The van der Waals surface area contributed by atoms with Gasteiger partial charge in [0.15, 0.2) is 0 Å². The van der Waals surface area contributed by atoms with E-state index in [4.69, 9.17) is 23.2 Å². The third kappa shape index (κ3) is 6.88. The Morgan fingerprint density at radius 3 is 1.91 bits per heavy atom. The van der Waals surface area contributed by atoms with E-state index in [1.165, 1.54) is 49.4 Å². The van der Waals surface area contributed by atoms with Crippen LogP contribution in [0.4, 0.5) is 17.1 Å². The van der Waals surface area contributed by atoms with Crippen LogP contribution in [-0.2, 0) is 24.8 Å². The molecule has 0 bridgehead atoms. The number of carbonyl (C=O) groups excluding carboxylic acids is 1. The summed E-state index contributed by atoms with van der Waals surface area (Å²) in [6.45, 7) is 3.34. The highest BCUT2D eigenvalue weighted by Gasteiger charge is 2.29. The Hall–Kier alpha value is -2.79. The highest BCUT2D eigenvalue weighted by Crippen LogP contribution is 2.26. The molecule has 0 aromatic heterocycles. The first-order valence-electron chi connectivity index (χ1n) is 10.2. The molecule has 12 heteroatoms. The maximum atomic E-state index is 12.9. The van der Waals surface area contributed by atoms with Crippen molar-refractivity contribution in [3.63, 3.8) is 0 Å². The number of amides is 1. The summed E-state index contributed by atoms with van der Waals surface area (Å²) in [5.41, 5.74) is 1.80. The molecule has 3 aromatic rings. The molecule has 0 aliphatic rings. The van der Waals surface area contributed by atoms with Gasteiger partial charge in [0, 0.05) is 15.7 Å². The predicted molar refractivity (Wildman–Crippen MR) is 140 cm³/mol. The first kappa shape index (κ1) is 26.8. The Labute approximate surface area is 215 Å². The van der Waals surface area contributed by atoms with Crippen LogP contribution in [0.1, 0.15) is 12.5 Å². The van der Waals surface area contributed by atoms with Crippen molar-refractivity contribution in [1.82, 2.24) is 0 Å². The molecule has 35 heavy (non-hydrogen) atoms. The molecule has 0 saturated carbocycles. The normalized spacial score (nSPS) is 12.6. The fraction of sp³-hybridized carbons (Fsp3) is 0.174. The van der Waals surface area contributed by atoms with Gasteiger partial charge in [-0.05, 0) is 68.4 Å². The van der Waals surface area contributed by atoms with Gasteiger partial charge in [-0.25, -0.2) is 16.8 Å². The summed E-state index contributed by atoms with van der Waals surface area (Å²) in [5, 5.41) is 3.17. The second-order valence-electron chi connectivity index (χ2n) is 7.85. The lowest BCUT2D eigenvalue weighted by Crippen LogP contribution is -2.45. The van der Waals surface area contributed by atoms with Crippen LogP contribution in [0.3, 0.4) is 0 Å². The van der Waals surface area contributed by atoms with E-state index in [-0.39, 0.29) is 20.6 Å². The average Bonchev–Trinajstić information content (AvgIpc) is 2.73. The fourth-order valence-corrected chi connectivity index (χ4v) is 6.03. The summed E-state index contributed by atoms with van der Waals surface area (Å²) in [6, 6.07) is 15.4. The molecule has 1 atom stereocenters. The fourth-order valence-electron chi connectivity index (χ4n) is 3.29. The number of anilines is 3. The topological polar surface area (TPSA) is 113 Å². The SMILES string of the molecule is Cc1ccc(N([C@H](C)C(=O)Nc2ccc(S(=O)(=O)Nc3cc(Cl)cc(Cl)c3)cc2)S(C)(=O)=O)cc1. The van der Waals surface area contributed by atoms with Crippen molar-refractivity contribution in [1.29, 1.82) is 0 Å². The van der Waals surface area contributed by atoms with Gasteiger partial charge in [-0.1, -0.05) is 40.9 Å². The Morgan fingerprint density at radius 2 is 1.40 bits per heavy atom. The van der Waals surface area contributed by atoms with Crippen molar-refractivity contribution in [3.8, 4) is 0 Å². The van der Waals surface area contributed by atoms with Gasteiger partial charge in [-0.3, -0.25) is 13.8 Å². The van der Waals surface area contributed by atoms with Gasteiger partial charge >= 0.3 is 0 Å². The summed E-state index contributed by atoms with van der Waals surface area (Å²) in [6.07, 6.45) is 1.02. The molecule has 1 amide bonds. The Balaban J connectivity index is 1.76. The third-order valence-electron chi connectivity index (χ3n) is 4.92. The number of rotatable bonds is 8. The molecular weight excluding hydrogens is 533 g/mol. The lowest BCUT2D eigenvalue weighted by Gasteiger charge is -2.28. The second-order valence-corrected chi connectivity index (χ2v) is 12.3. The highest BCUT2D eigenvalue weighted by molar-refractivity contribution is 7.92. The van der Waals surface area contributed by atoms with Crippen molar-refractivity contribution >= 4 is 66.2 Å². The number of benzene rings is 3. The average molecular weight is 556 g/mol. The van der Waals surface area contributed by atoms with E-state index in [1.807, 2.05) is 6.92 Å². The minimum atomic E-state index is -3.95. The van der Waals surface area contributed by atoms with Crippen LogP contribution in [0, 0.1) is 6.92 Å². The van der Waals surface area contributed by atoms with Crippen molar-refractivity contribution in [3.05, 3.63) is 82.3 Å². The Morgan fingerprint density at radius 1 is 0.857 bits per heavy atom. The molecule has 0 unspecified atom stereocenters. The van der Waals surface area contributed by atoms with Crippen molar-refractivity contribution in [2.75, 3.05) is 20.6 Å². The Bertz CT molecular complexity index is 1420. The number of hydrogen-bond donors (Lipinski definition) is 2. The quantitative estimate of drug-likeness (QED) is 0.410. The molecule has 0 aliphatic carbocycles. The number of carbonyl (C=O) groups is 1. The van der Waals surface area contributed by atoms with Gasteiger partial charge in [-0.2, -0.15) is 0 Å². The van der Waals surface area contributed by atoms with Gasteiger partial charge in [0.05, 0.1) is 22.5 Å². The summed E-state index contributed by atoms with van der Waals surface area (Å²) < 4.78 is 53.6. The first-order chi connectivity index (χ1) is 16.3. The number of halogens is 2. The van der Waals surface area contributed by atoms with Crippen LogP contribution in [0.5, 0.6) is 0 Å². The summed E-state index contributed by atoms with van der Waals surface area (Å²) >= 11 is 11.8. The lowest BCUT2D eigenvalue weighted by atomic mass is 10.2. The van der Waals surface area contributed by atoms with Crippen molar-refractivity contribution < 1.29 is 21.6 Å². The van der Waals surface area contributed by atoms with Gasteiger partial charge in [-0.15, -0.1) is 0 Å². The van der Waals surface area contributed by atoms with E-state index in [0.29, 0.717) is 11.4 Å². The van der Waals surface area contributed by atoms with E-state index in [1.54, 1.807) is 24.3 Å². The van der Waals surface area contributed by atoms with Gasteiger partial charge < -0.3 is 5.32 Å². The second kappa shape index (κ2) is 10.4. The summed E-state index contributed by atoms with van der Waals surface area (Å²) in [4.78, 5) is 12.8. The number of sulfonamides is 2. The highest BCUT2D eigenvalue weighted by atomic mass is 35.5. The van der Waals surface area contributed by atoms with E-state index in [2.05, 4.69) is 10.0 Å².